The van der Waals surface area contributed by atoms with Crippen molar-refractivity contribution in [2.24, 2.45) is 10.8 Å². The summed E-state index contributed by atoms with van der Waals surface area (Å²) < 4.78 is 10.1. The van der Waals surface area contributed by atoms with Gasteiger partial charge in [0.2, 0.25) is 0 Å². The van der Waals surface area contributed by atoms with Gasteiger partial charge in [-0.2, -0.15) is 0 Å². The quantitative estimate of drug-likeness (QED) is 0.0487. The largest absolute Gasteiger partial charge is 0.462 e. The fourth-order valence-electron chi connectivity index (χ4n) is 3.45. The maximum Gasteiger partial charge on any atom is 0.330 e. The Labute approximate surface area is 320 Å². The highest BCUT2D eigenvalue weighted by molar-refractivity contribution is 5.81. The number of hydrogen-bond donors (Lipinski definition) is 5. The predicted octanol–water partition coefficient (Wildman–Crippen LogP) is 10.8. The normalized spacial score (nSPS) is 9.98. The number of esters is 1. The summed E-state index contributed by atoms with van der Waals surface area (Å²) in [5, 5.41) is 46.2. The molecule has 0 fully saturated rings. The van der Waals surface area contributed by atoms with E-state index in [9.17, 15) is 15.0 Å². The summed E-state index contributed by atoms with van der Waals surface area (Å²) in [5.41, 5.74) is -2.43. The summed E-state index contributed by atoms with van der Waals surface area (Å²) in [6.07, 6.45) is 25.4. The second-order valence-electron chi connectivity index (χ2n) is 13.2. The van der Waals surface area contributed by atoms with Gasteiger partial charge in [0.25, 0.3) is 0 Å². The number of aliphatic hydroxyl groups is 5. The minimum Gasteiger partial charge on any atom is -0.462 e. The van der Waals surface area contributed by atoms with Gasteiger partial charge in [0.05, 0.1) is 57.1 Å². The summed E-state index contributed by atoms with van der Waals surface area (Å²) in [7, 11) is 0. The number of rotatable bonds is 24. The van der Waals surface area contributed by atoms with Crippen molar-refractivity contribution in [2.75, 3.05) is 52.9 Å². The van der Waals surface area contributed by atoms with Crippen LogP contribution in [0.4, 0.5) is 0 Å². The zero-order valence-corrected chi connectivity index (χ0v) is 36.6. The van der Waals surface area contributed by atoms with E-state index in [-0.39, 0.29) is 19.8 Å². The molecule has 8 heteroatoms. The van der Waals surface area contributed by atoms with E-state index in [1.807, 2.05) is 0 Å². The van der Waals surface area contributed by atoms with Gasteiger partial charge in [-0.25, -0.2) is 4.79 Å². The third-order valence-electron chi connectivity index (χ3n) is 7.42. The Balaban J connectivity index is -0.000000105. The maximum absolute atomic E-state index is 11.0. The third kappa shape index (κ3) is 61.3. The average Bonchev–Trinajstić information content (AvgIpc) is 3.15. The second-order valence-corrected chi connectivity index (χ2v) is 13.2. The molecule has 0 aliphatic carbocycles. The van der Waals surface area contributed by atoms with Crippen molar-refractivity contribution in [3.63, 3.8) is 0 Å². The molecule has 0 atom stereocenters. The first kappa shape index (κ1) is 64.9. The van der Waals surface area contributed by atoms with Gasteiger partial charge in [0, 0.05) is 6.08 Å². The molecule has 5 N–H and O–H groups in total. The molecule has 0 saturated heterocycles. The first-order valence-corrected chi connectivity index (χ1v) is 20.9. The standard InChI is InChI=1S/C13H24O8.6C5H12/c1-2-11(19)21-10-13(6-17,7-18)9-20-8-12(3-14,4-15)5-16;6*1-3-5-4-2/h2,14-18H,1,3-10H2;6*3-5H2,1-2H3. The lowest BCUT2D eigenvalue weighted by atomic mass is 9.90. The van der Waals surface area contributed by atoms with E-state index < -0.39 is 49.8 Å². The molecule has 0 aliphatic rings. The molecule has 8 nitrogen and oxygen atoms in total. The van der Waals surface area contributed by atoms with Gasteiger partial charge in [0.15, 0.2) is 0 Å². The summed E-state index contributed by atoms with van der Waals surface area (Å²) in [6.45, 7) is 26.6. The Hall–Kier alpha value is -1.03. The van der Waals surface area contributed by atoms with Crippen molar-refractivity contribution in [3.05, 3.63) is 12.7 Å². The lowest BCUT2D eigenvalue weighted by Gasteiger charge is -2.32. The molecular weight excluding hydrogens is 644 g/mol. The molecule has 0 spiro atoms. The summed E-state index contributed by atoms with van der Waals surface area (Å²) in [6, 6.07) is 0. The molecule has 0 aliphatic heterocycles. The van der Waals surface area contributed by atoms with Crippen LogP contribution >= 0.6 is 0 Å². The van der Waals surface area contributed by atoms with E-state index in [2.05, 4.69) is 89.7 Å². The SMILES string of the molecule is C=CC(=O)OCC(CO)(CO)COCC(CO)(CO)CO.CCCCC.CCCCC.CCCCC.CCCCC.CCCCC.CCCCC. The van der Waals surface area contributed by atoms with Crippen molar-refractivity contribution in [3.8, 4) is 0 Å². The average molecular weight is 741 g/mol. The van der Waals surface area contributed by atoms with Crippen LogP contribution in [0.3, 0.4) is 0 Å². The fourth-order valence-corrected chi connectivity index (χ4v) is 3.45. The Kier molecular flexibility index (Phi) is 77.7. The number of carbonyl (C=O) groups is 1. The molecule has 0 aromatic heterocycles. The van der Waals surface area contributed by atoms with E-state index in [1.54, 1.807) is 0 Å². The zero-order valence-electron chi connectivity index (χ0n) is 36.6. The van der Waals surface area contributed by atoms with Crippen LogP contribution in [0.2, 0.25) is 0 Å². The van der Waals surface area contributed by atoms with E-state index in [1.165, 1.54) is 116 Å². The van der Waals surface area contributed by atoms with Crippen LogP contribution in [0.1, 0.15) is 199 Å². The van der Waals surface area contributed by atoms with Crippen LogP contribution in [-0.2, 0) is 14.3 Å². The van der Waals surface area contributed by atoms with Gasteiger partial charge in [-0.15, -0.1) is 0 Å². The molecule has 0 aromatic carbocycles. The first-order valence-electron chi connectivity index (χ1n) is 20.9. The van der Waals surface area contributed by atoms with E-state index in [0.29, 0.717) is 0 Å². The molecule has 0 unspecified atom stereocenters. The first-order chi connectivity index (χ1) is 24.5. The Morgan fingerprint density at radius 2 is 0.647 bits per heavy atom. The van der Waals surface area contributed by atoms with E-state index in [0.717, 1.165) is 6.08 Å². The van der Waals surface area contributed by atoms with Gasteiger partial charge in [-0.3, -0.25) is 0 Å². The molecule has 0 saturated carbocycles. The zero-order chi connectivity index (χ0) is 41.1. The van der Waals surface area contributed by atoms with Crippen molar-refractivity contribution >= 4 is 5.97 Å². The molecule has 0 aromatic rings. The molecule has 0 heterocycles. The van der Waals surface area contributed by atoms with Crippen LogP contribution in [0, 0.1) is 10.8 Å². The summed E-state index contributed by atoms with van der Waals surface area (Å²) in [4.78, 5) is 11.0. The molecule has 0 radical (unpaired) electrons. The summed E-state index contributed by atoms with van der Waals surface area (Å²) in [5.74, 6) is -0.698. The highest BCUT2D eigenvalue weighted by Crippen LogP contribution is 2.21. The molecule has 316 valence electrons. The lowest BCUT2D eigenvalue weighted by Crippen LogP contribution is -2.44. The van der Waals surface area contributed by atoms with Crippen LogP contribution in [-0.4, -0.2) is 84.4 Å². The topological polar surface area (TPSA) is 137 Å². The van der Waals surface area contributed by atoms with Crippen LogP contribution in [0.5, 0.6) is 0 Å². The highest BCUT2D eigenvalue weighted by atomic mass is 16.5. The summed E-state index contributed by atoms with van der Waals surface area (Å²) >= 11 is 0. The molecule has 0 amide bonds. The molecular formula is C43H96O8. The van der Waals surface area contributed by atoms with Crippen LogP contribution in [0.25, 0.3) is 0 Å². The number of aliphatic hydroxyl groups excluding tert-OH is 5. The van der Waals surface area contributed by atoms with Crippen molar-refractivity contribution in [2.45, 2.75) is 199 Å². The highest BCUT2D eigenvalue weighted by Gasteiger charge is 2.34. The fraction of sp³-hybridized carbons (Fsp3) is 0.930. The number of hydrogen-bond acceptors (Lipinski definition) is 8. The lowest BCUT2D eigenvalue weighted by molar-refractivity contribution is -0.149. The minimum atomic E-state index is -1.22. The maximum atomic E-state index is 11.0. The minimum absolute atomic E-state index is 0.187. The van der Waals surface area contributed by atoms with Crippen LogP contribution in [0.15, 0.2) is 12.7 Å². The molecule has 0 bridgehead atoms. The van der Waals surface area contributed by atoms with Gasteiger partial charge < -0.3 is 35.0 Å². The van der Waals surface area contributed by atoms with Gasteiger partial charge in [-0.1, -0.05) is 205 Å². The van der Waals surface area contributed by atoms with Gasteiger partial charge in [0.1, 0.15) is 6.61 Å². The van der Waals surface area contributed by atoms with Crippen molar-refractivity contribution in [1.29, 1.82) is 0 Å². The van der Waals surface area contributed by atoms with Crippen LogP contribution < -0.4 is 0 Å². The molecule has 51 heavy (non-hydrogen) atoms. The molecule has 0 rings (SSSR count). The number of carbonyl (C=O) groups excluding carboxylic acids is 1. The smallest absolute Gasteiger partial charge is 0.330 e. The second kappa shape index (κ2) is 61.0. The number of ether oxygens (including phenoxy) is 2. The third-order valence-corrected chi connectivity index (χ3v) is 7.42. The monoisotopic (exact) mass is 741 g/mol. The van der Waals surface area contributed by atoms with E-state index >= 15 is 0 Å². The van der Waals surface area contributed by atoms with E-state index in [4.69, 9.17) is 24.8 Å². The Morgan fingerprint density at radius 1 is 0.431 bits per heavy atom. The predicted molar refractivity (Wildman–Crippen MR) is 223 cm³/mol. The van der Waals surface area contributed by atoms with Crippen molar-refractivity contribution in [1.82, 2.24) is 0 Å². The van der Waals surface area contributed by atoms with Gasteiger partial charge in [-0.05, 0) is 0 Å². The number of unbranched alkanes of at least 4 members (excludes halogenated alkanes) is 12. The Morgan fingerprint density at radius 3 is 0.804 bits per heavy atom. The van der Waals surface area contributed by atoms with Gasteiger partial charge >= 0.3 is 5.97 Å². The Bertz CT molecular complexity index is 497. The van der Waals surface area contributed by atoms with Crippen molar-refractivity contribution < 1.29 is 39.8 Å².